The van der Waals surface area contributed by atoms with Gasteiger partial charge in [0, 0.05) is 19.2 Å². The summed E-state index contributed by atoms with van der Waals surface area (Å²) in [6, 6.07) is 5.11. The molecule has 124 valence electrons. The molecule has 0 radical (unpaired) electrons. The molecule has 0 aromatic carbocycles. The summed E-state index contributed by atoms with van der Waals surface area (Å²) in [5.41, 5.74) is 1.23. The highest BCUT2D eigenvalue weighted by atomic mass is 16.5. The molecule has 2 heterocycles. The highest BCUT2D eigenvalue weighted by Crippen LogP contribution is 2.22. The Kier molecular flexibility index (Phi) is 5.20. The molecule has 0 aliphatic carbocycles. The molecule has 0 saturated carbocycles. The standard InChI is InChI=1S/C16H21N3O4/c1-10(2)13-8-11(23-18-13)9-19(3)16(20)12-6-7-14(21-4)17-15(12)22-5/h6-8,10H,9H2,1-5H3. The number of rotatable bonds is 6. The van der Waals surface area contributed by atoms with Crippen LogP contribution in [0.3, 0.4) is 0 Å². The minimum absolute atomic E-state index is 0.223. The maximum Gasteiger partial charge on any atom is 0.259 e. The van der Waals surface area contributed by atoms with Crippen LogP contribution in [0.25, 0.3) is 0 Å². The first kappa shape index (κ1) is 16.8. The number of carbonyl (C=O) groups excluding carboxylic acids is 1. The molecular formula is C16H21N3O4. The summed E-state index contributed by atoms with van der Waals surface area (Å²) in [6.07, 6.45) is 0. The summed E-state index contributed by atoms with van der Waals surface area (Å²) in [4.78, 5) is 18.2. The second-order valence-corrected chi connectivity index (χ2v) is 5.44. The number of hydrogen-bond acceptors (Lipinski definition) is 6. The van der Waals surface area contributed by atoms with Gasteiger partial charge in [-0.05, 0) is 12.0 Å². The number of pyridine rings is 1. The topological polar surface area (TPSA) is 77.7 Å². The monoisotopic (exact) mass is 319 g/mol. The largest absolute Gasteiger partial charge is 0.481 e. The quantitative estimate of drug-likeness (QED) is 0.814. The molecule has 2 rings (SSSR count). The minimum atomic E-state index is -0.223. The lowest BCUT2D eigenvalue weighted by atomic mass is 10.1. The van der Waals surface area contributed by atoms with Crippen molar-refractivity contribution in [3.8, 4) is 11.8 Å². The molecule has 0 aliphatic rings. The number of ether oxygens (including phenoxy) is 2. The lowest BCUT2D eigenvalue weighted by molar-refractivity contribution is 0.0768. The molecule has 23 heavy (non-hydrogen) atoms. The average Bonchev–Trinajstić information content (AvgIpc) is 3.02. The van der Waals surface area contributed by atoms with Crippen LogP contribution in [-0.4, -0.2) is 42.2 Å². The third kappa shape index (κ3) is 3.80. The van der Waals surface area contributed by atoms with Crippen molar-refractivity contribution in [2.45, 2.75) is 26.3 Å². The summed E-state index contributed by atoms with van der Waals surface area (Å²) in [5.74, 6) is 1.29. The van der Waals surface area contributed by atoms with E-state index in [2.05, 4.69) is 10.1 Å². The first-order valence-electron chi connectivity index (χ1n) is 7.26. The number of hydrogen-bond donors (Lipinski definition) is 0. The van der Waals surface area contributed by atoms with Crippen LogP contribution in [0, 0.1) is 0 Å². The Hall–Kier alpha value is -2.57. The van der Waals surface area contributed by atoms with E-state index in [1.54, 1.807) is 19.2 Å². The molecule has 0 N–H and O–H groups in total. The van der Waals surface area contributed by atoms with Gasteiger partial charge in [0.15, 0.2) is 5.76 Å². The highest BCUT2D eigenvalue weighted by Gasteiger charge is 2.20. The van der Waals surface area contributed by atoms with Crippen LogP contribution in [-0.2, 0) is 6.54 Å². The third-order valence-corrected chi connectivity index (χ3v) is 3.38. The molecule has 2 aromatic heterocycles. The summed E-state index contributed by atoms with van der Waals surface area (Å²) in [5, 5.41) is 3.99. The lowest BCUT2D eigenvalue weighted by Gasteiger charge is -2.17. The van der Waals surface area contributed by atoms with E-state index in [-0.39, 0.29) is 17.7 Å². The van der Waals surface area contributed by atoms with E-state index in [1.165, 1.54) is 19.1 Å². The number of aromatic nitrogens is 2. The van der Waals surface area contributed by atoms with Crippen LogP contribution < -0.4 is 9.47 Å². The second-order valence-electron chi connectivity index (χ2n) is 5.44. The van der Waals surface area contributed by atoms with Gasteiger partial charge in [-0.3, -0.25) is 4.79 Å². The maximum atomic E-state index is 12.6. The number of amides is 1. The summed E-state index contributed by atoms with van der Waals surface area (Å²) >= 11 is 0. The number of methoxy groups -OCH3 is 2. The Morgan fingerprint density at radius 1 is 1.30 bits per heavy atom. The Bertz CT molecular complexity index is 682. The molecule has 0 aliphatic heterocycles. The molecule has 7 nitrogen and oxygen atoms in total. The highest BCUT2D eigenvalue weighted by molar-refractivity contribution is 5.96. The molecule has 2 aromatic rings. The fourth-order valence-electron chi connectivity index (χ4n) is 2.04. The van der Waals surface area contributed by atoms with Crippen LogP contribution in [0.1, 0.15) is 41.6 Å². The first-order valence-corrected chi connectivity index (χ1v) is 7.26. The van der Waals surface area contributed by atoms with Crippen molar-refractivity contribution in [3.63, 3.8) is 0 Å². The fraction of sp³-hybridized carbons (Fsp3) is 0.438. The van der Waals surface area contributed by atoms with Crippen molar-refractivity contribution in [1.82, 2.24) is 15.0 Å². The van der Waals surface area contributed by atoms with E-state index < -0.39 is 0 Å². The zero-order chi connectivity index (χ0) is 17.0. The minimum Gasteiger partial charge on any atom is -0.481 e. The van der Waals surface area contributed by atoms with E-state index in [0.717, 1.165) is 5.69 Å². The van der Waals surface area contributed by atoms with Crippen molar-refractivity contribution in [2.24, 2.45) is 0 Å². The van der Waals surface area contributed by atoms with Crippen LogP contribution in [0.4, 0.5) is 0 Å². The van der Waals surface area contributed by atoms with Crippen molar-refractivity contribution in [1.29, 1.82) is 0 Å². The number of nitrogens with zero attached hydrogens (tertiary/aromatic N) is 3. The Labute approximate surface area is 135 Å². The molecule has 0 fully saturated rings. The molecule has 0 saturated heterocycles. The van der Waals surface area contributed by atoms with Gasteiger partial charge in [0.25, 0.3) is 5.91 Å². The molecular weight excluding hydrogens is 298 g/mol. The Balaban J connectivity index is 2.15. The third-order valence-electron chi connectivity index (χ3n) is 3.38. The van der Waals surface area contributed by atoms with Gasteiger partial charge in [0.05, 0.1) is 26.5 Å². The van der Waals surface area contributed by atoms with Crippen molar-refractivity contribution < 1.29 is 18.8 Å². The molecule has 7 heteroatoms. The van der Waals surface area contributed by atoms with E-state index in [9.17, 15) is 4.79 Å². The van der Waals surface area contributed by atoms with Crippen LogP contribution in [0.5, 0.6) is 11.8 Å². The molecule has 0 bridgehead atoms. The van der Waals surface area contributed by atoms with Crippen molar-refractivity contribution in [2.75, 3.05) is 21.3 Å². The van der Waals surface area contributed by atoms with Gasteiger partial charge in [-0.25, -0.2) is 0 Å². The van der Waals surface area contributed by atoms with Crippen LogP contribution >= 0.6 is 0 Å². The first-order chi connectivity index (χ1) is 11.0. The van der Waals surface area contributed by atoms with Crippen molar-refractivity contribution >= 4 is 5.91 Å². The SMILES string of the molecule is COc1ccc(C(=O)N(C)Cc2cc(C(C)C)no2)c(OC)n1. The van der Waals surface area contributed by atoms with Gasteiger partial charge in [-0.15, -0.1) is 0 Å². The van der Waals surface area contributed by atoms with Gasteiger partial charge < -0.3 is 18.9 Å². The smallest absolute Gasteiger partial charge is 0.259 e. The van der Waals surface area contributed by atoms with E-state index in [1.807, 2.05) is 19.9 Å². The Morgan fingerprint density at radius 2 is 2.04 bits per heavy atom. The predicted octanol–water partition coefficient (Wildman–Crippen LogP) is 2.48. The van der Waals surface area contributed by atoms with E-state index >= 15 is 0 Å². The van der Waals surface area contributed by atoms with Gasteiger partial charge in [0.1, 0.15) is 5.56 Å². The summed E-state index contributed by atoms with van der Waals surface area (Å²) in [6.45, 7) is 4.38. The van der Waals surface area contributed by atoms with Crippen molar-refractivity contribution in [3.05, 3.63) is 35.2 Å². The fourth-order valence-corrected chi connectivity index (χ4v) is 2.04. The Morgan fingerprint density at radius 3 is 2.61 bits per heavy atom. The van der Waals surface area contributed by atoms with Gasteiger partial charge in [0.2, 0.25) is 11.8 Å². The van der Waals surface area contributed by atoms with Crippen LogP contribution in [0.2, 0.25) is 0 Å². The van der Waals surface area contributed by atoms with E-state index in [0.29, 0.717) is 23.7 Å². The van der Waals surface area contributed by atoms with E-state index in [4.69, 9.17) is 14.0 Å². The lowest BCUT2D eigenvalue weighted by Crippen LogP contribution is -2.26. The zero-order valence-electron chi connectivity index (χ0n) is 14.0. The second kappa shape index (κ2) is 7.13. The zero-order valence-corrected chi connectivity index (χ0v) is 14.0. The average molecular weight is 319 g/mol. The molecule has 0 spiro atoms. The van der Waals surface area contributed by atoms with Gasteiger partial charge in [-0.2, -0.15) is 4.98 Å². The van der Waals surface area contributed by atoms with Gasteiger partial charge >= 0.3 is 0 Å². The normalized spacial score (nSPS) is 10.7. The molecule has 0 unspecified atom stereocenters. The molecule has 0 atom stereocenters. The predicted molar refractivity (Wildman–Crippen MR) is 83.7 cm³/mol. The maximum absolute atomic E-state index is 12.6. The van der Waals surface area contributed by atoms with Crippen LogP contribution in [0.15, 0.2) is 22.7 Å². The summed E-state index contributed by atoms with van der Waals surface area (Å²) < 4.78 is 15.5. The summed E-state index contributed by atoms with van der Waals surface area (Å²) in [7, 11) is 4.65. The van der Waals surface area contributed by atoms with Gasteiger partial charge in [-0.1, -0.05) is 19.0 Å². The molecule has 1 amide bonds. The number of carbonyl (C=O) groups is 1.